The van der Waals surface area contributed by atoms with Gasteiger partial charge in [-0.15, -0.1) is 0 Å². The molecule has 0 saturated carbocycles. The van der Waals surface area contributed by atoms with Crippen LogP contribution in [0.25, 0.3) is 0 Å². The van der Waals surface area contributed by atoms with E-state index in [1.54, 1.807) is 0 Å². The summed E-state index contributed by atoms with van der Waals surface area (Å²) in [7, 11) is 0. The van der Waals surface area contributed by atoms with E-state index >= 15 is 0 Å². The molecule has 2 aliphatic carbocycles. The molecule has 2 heterocycles. The third kappa shape index (κ3) is 1.96. The predicted octanol–water partition coefficient (Wildman–Crippen LogP) is 1.65. The Balaban J connectivity index is 1.71. The van der Waals surface area contributed by atoms with Crippen LogP contribution in [-0.2, 0) is 26.2 Å². The quantitative estimate of drug-likeness (QED) is 0.494. The predicted molar refractivity (Wildman–Crippen MR) is 92.1 cm³/mol. The average Bonchev–Trinajstić information content (AvgIpc) is 2.91. The number of esters is 2. The van der Waals surface area contributed by atoms with Crippen LogP contribution in [0.15, 0.2) is 24.3 Å². The van der Waals surface area contributed by atoms with Gasteiger partial charge in [0, 0.05) is 36.8 Å². The highest BCUT2D eigenvalue weighted by Crippen LogP contribution is 2.61. The molecule has 1 unspecified atom stereocenters. The van der Waals surface area contributed by atoms with Crippen molar-refractivity contribution in [1.29, 1.82) is 0 Å². The van der Waals surface area contributed by atoms with E-state index in [0.717, 1.165) is 24.9 Å². The molecule has 4 aliphatic rings. The largest absolute Gasteiger partial charge is 0.481 e. The minimum absolute atomic E-state index is 0.246. The molecular weight excluding hydrogens is 334 g/mol. The summed E-state index contributed by atoms with van der Waals surface area (Å²) in [6, 6.07) is 4.19. The topological polar surface area (TPSA) is 73.9 Å². The van der Waals surface area contributed by atoms with Crippen LogP contribution in [-0.4, -0.2) is 36.7 Å². The normalized spacial score (nSPS) is 35.3. The number of rotatable bonds is 2. The van der Waals surface area contributed by atoms with Gasteiger partial charge >= 0.3 is 11.9 Å². The van der Waals surface area contributed by atoms with E-state index in [0.29, 0.717) is 17.5 Å². The second-order valence-electron chi connectivity index (χ2n) is 7.60. The summed E-state index contributed by atoms with van der Waals surface area (Å²) in [6.45, 7) is 3.69. The molecular formula is C20H21NO5. The third-order valence-electron chi connectivity index (χ3n) is 6.20. The maximum Gasteiger partial charge on any atom is 0.308 e. The van der Waals surface area contributed by atoms with Gasteiger partial charge in [0.1, 0.15) is 6.10 Å². The van der Waals surface area contributed by atoms with Crippen LogP contribution in [0, 0.1) is 5.92 Å². The molecule has 26 heavy (non-hydrogen) atoms. The smallest absolute Gasteiger partial charge is 0.308 e. The van der Waals surface area contributed by atoms with Crippen molar-refractivity contribution in [2.75, 3.05) is 6.54 Å². The van der Waals surface area contributed by atoms with Crippen molar-refractivity contribution in [2.45, 2.75) is 50.4 Å². The Labute approximate surface area is 151 Å². The minimum atomic E-state index is -0.439. The maximum absolute atomic E-state index is 11.6. The van der Waals surface area contributed by atoms with Crippen LogP contribution in [0.5, 0.6) is 11.5 Å². The SMILES string of the molecule is CC(=O)Oc1ccc2c3c1O[C@H]1[C@@H](OC(C)=O)C=CC4[C@@H](C2)NCC[C@@]341. The highest BCUT2D eigenvalue weighted by atomic mass is 16.6. The maximum atomic E-state index is 11.6. The Morgan fingerprint density at radius 3 is 2.85 bits per heavy atom. The Morgan fingerprint density at radius 2 is 2.08 bits per heavy atom. The molecule has 0 radical (unpaired) electrons. The number of carbonyl (C=O) groups excluding carboxylic acids is 2. The van der Waals surface area contributed by atoms with E-state index in [4.69, 9.17) is 14.2 Å². The van der Waals surface area contributed by atoms with Gasteiger partial charge in [-0.3, -0.25) is 9.59 Å². The van der Waals surface area contributed by atoms with Crippen LogP contribution in [0.2, 0.25) is 0 Å². The fourth-order valence-corrected chi connectivity index (χ4v) is 5.48. The summed E-state index contributed by atoms with van der Waals surface area (Å²) >= 11 is 0. The van der Waals surface area contributed by atoms with Crippen LogP contribution in [0.3, 0.4) is 0 Å². The van der Waals surface area contributed by atoms with Crippen molar-refractivity contribution in [3.63, 3.8) is 0 Å². The molecule has 136 valence electrons. The molecule has 5 rings (SSSR count). The summed E-state index contributed by atoms with van der Waals surface area (Å²) in [6.07, 6.45) is 5.21. The van der Waals surface area contributed by atoms with Crippen LogP contribution in [0.4, 0.5) is 0 Å². The standard InChI is InChI=1S/C20H21NO5/c1-10(22)24-15-5-3-12-9-14-13-4-6-16(25-11(2)23)19-20(13,7-8-21-14)17(12)18(15)26-19/h3-6,13-14,16,19,21H,7-9H2,1-2H3/t13?,14-,16+,19+,20+/m1/s1. The first kappa shape index (κ1) is 15.9. The van der Waals surface area contributed by atoms with E-state index in [2.05, 4.69) is 11.4 Å². The highest BCUT2D eigenvalue weighted by molar-refractivity contribution is 5.73. The van der Waals surface area contributed by atoms with Gasteiger partial charge in [0.2, 0.25) is 0 Å². The summed E-state index contributed by atoms with van der Waals surface area (Å²) in [5.41, 5.74) is 2.12. The Kier molecular flexibility index (Phi) is 3.26. The molecule has 1 spiro atoms. The molecule has 2 aliphatic heterocycles. The first-order valence-electron chi connectivity index (χ1n) is 9.11. The van der Waals surface area contributed by atoms with E-state index in [1.807, 2.05) is 18.2 Å². The fraction of sp³-hybridized carbons (Fsp3) is 0.500. The molecule has 6 nitrogen and oxygen atoms in total. The molecule has 0 aromatic heterocycles. The van der Waals surface area contributed by atoms with Gasteiger partial charge in [-0.2, -0.15) is 0 Å². The number of hydrogen-bond acceptors (Lipinski definition) is 6. The fourth-order valence-electron chi connectivity index (χ4n) is 5.48. The van der Waals surface area contributed by atoms with Gasteiger partial charge in [-0.25, -0.2) is 0 Å². The van der Waals surface area contributed by atoms with Crippen LogP contribution >= 0.6 is 0 Å². The lowest BCUT2D eigenvalue weighted by atomic mass is 9.53. The minimum Gasteiger partial charge on any atom is -0.481 e. The molecule has 1 saturated heterocycles. The van der Waals surface area contributed by atoms with Crippen molar-refractivity contribution in [1.82, 2.24) is 5.32 Å². The highest BCUT2D eigenvalue weighted by Gasteiger charge is 2.64. The Bertz CT molecular complexity index is 847. The monoisotopic (exact) mass is 355 g/mol. The molecule has 1 N–H and O–H groups in total. The van der Waals surface area contributed by atoms with Crippen LogP contribution < -0.4 is 14.8 Å². The second kappa shape index (κ2) is 5.33. The van der Waals surface area contributed by atoms with Crippen molar-refractivity contribution >= 4 is 11.9 Å². The van der Waals surface area contributed by atoms with Gasteiger partial charge < -0.3 is 19.5 Å². The summed E-state index contributed by atoms with van der Waals surface area (Å²) in [5.74, 6) is 0.679. The zero-order chi connectivity index (χ0) is 18.1. The van der Waals surface area contributed by atoms with Crippen molar-refractivity contribution in [3.8, 4) is 11.5 Å². The Morgan fingerprint density at radius 1 is 1.23 bits per heavy atom. The molecule has 1 aromatic carbocycles. The summed E-state index contributed by atoms with van der Waals surface area (Å²) in [5, 5.41) is 3.63. The molecule has 1 aromatic rings. The van der Waals surface area contributed by atoms with Gasteiger partial charge in [-0.1, -0.05) is 12.1 Å². The number of piperidine rings is 1. The molecule has 6 heteroatoms. The van der Waals surface area contributed by atoms with Gasteiger partial charge in [-0.05, 0) is 37.1 Å². The van der Waals surface area contributed by atoms with E-state index in [-0.39, 0.29) is 29.4 Å². The number of carbonyl (C=O) groups is 2. The number of hydrogen-bond donors (Lipinski definition) is 1. The lowest BCUT2D eigenvalue weighted by Crippen LogP contribution is -2.65. The number of benzene rings is 1. The van der Waals surface area contributed by atoms with Gasteiger partial charge in [0.25, 0.3) is 0 Å². The first-order chi connectivity index (χ1) is 12.5. The zero-order valence-electron chi connectivity index (χ0n) is 14.8. The van der Waals surface area contributed by atoms with Crippen molar-refractivity contribution in [3.05, 3.63) is 35.4 Å². The summed E-state index contributed by atoms with van der Waals surface area (Å²) in [4.78, 5) is 23.2. The van der Waals surface area contributed by atoms with Crippen LogP contribution in [0.1, 0.15) is 31.4 Å². The lowest BCUT2D eigenvalue weighted by Gasteiger charge is -2.54. The molecule has 2 bridgehead atoms. The summed E-state index contributed by atoms with van der Waals surface area (Å²) < 4.78 is 17.4. The van der Waals surface area contributed by atoms with E-state index < -0.39 is 6.10 Å². The number of nitrogens with one attached hydrogen (secondary N) is 1. The average molecular weight is 355 g/mol. The van der Waals surface area contributed by atoms with Crippen molar-refractivity contribution < 1.29 is 23.8 Å². The van der Waals surface area contributed by atoms with Gasteiger partial charge in [0.05, 0.1) is 0 Å². The molecule has 5 atom stereocenters. The Hall–Kier alpha value is -2.34. The zero-order valence-corrected chi connectivity index (χ0v) is 14.8. The molecule has 0 amide bonds. The van der Waals surface area contributed by atoms with Gasteiger partial charge in [0.15, 0.2) is 17.6 Å². The lowest BCUT2D eigenvalue weighted by molar-refractivity contribution is -0.151. The van der Waals surface area contributed by atoms with Crippen molar-refractivity contribution in [2.24, 2.45) is 5.92 Å². The molecule has 1 fully saturated rings. The third-order valence-corrected chi connectivity index (χ3v) is 6.20. The second-order valence-corrected chi connectivity index (χ2v) is 7.60. The van der Waals surface area contributed by atoms with E-state index in [1.165, 1.54) is 19.4 Å². The number of ether oxygens (including phenoxy) is 3. The van der Waals surface area contributed by atoms with E-state index in [9.17, 15) is 9.59 Å². The first-order valence-corrected chi connectivity index (χ1v) is 9.11.